The van der Waals surface area contributed by atoms with Crippen molar-refractivity contribution >= 4 is 11.9 Å². The van der Waals surface area contributed by atoms with Crippen LogP contribution in [0.25, 0.3) is 0 Å². The zero-order chi connectivity index (χ0) is 17.1. The molecule has 1 rings (SSSR count). The Bertz CT molecular complexity index is 515. The molecule has 0 saturated carbocycles. The van der Waals surface area contributed by atoms with Gasteiger partial charge in [0.25, 0.3) is 0 Å². The van der Waals surface area contributed by atoms with E-state index in [-0.39, 0.29) is 12.5 Å². The molecule has 6 nitrogen and oxygen atoms in total. The Labute approximate surface area is 138 Å². The summed E-state index contributed by atoms with van der Waals surface area (Å²) in [5, 5.41) is 6.20. The lowest BCUT2D eigenvalue weighted by Crippen LogP contribution is -2.42. The lowest BCUT2D eigenvalue weighted by Gasteiger charge is -2.14. The van der Waals surface area contributed by atoms with Gasteiger partial charge >= 0.3 is 0 Å². The minimum atomic E-state index is 0.00680. The number of hydrogen-bond donors (Lipinski definition) is 2. The summed E-state index contributed by atoms with van der Waals surface area (Å²) in [6.45, 7) is 6.75. The maximum absolute atomic E-state index is 11.7. The van der Waals surface area contributed by atoms with Crippen LogP contribution in [0, 0.1) is 0 Å². The topological polar surface area (TPSA) is 66.0 Å². The quantitative estimate of drug-likeness (QED) is 0.561. The molecule has 0 fully saturated rings. The third-order valence-corrected chi connectivity index (χ3v) is 3.24. The van der Waals surface area contributed by atoms with Crippen molar-refractivity contribution in [2.45, 2.75) is 27.0 Å². The minimum absolute atomic E-state index is 0.00680. The van der Waals surface area contributed by atoms with E-state index in [1.54, 1.807) is 19.0 Å². The van der Waals surface area contributed by atoms with Crippen molar-refractivity contribution in [3.63, 3.8) is 0 Å². The second-order valence-electron chi connectivity index (χ2n) is 5.24. The molecule has 0 unspecified atom stereocenters. The highest BCUT2D eigenvalue weighted by atomic mass is 16.5. The number of rotatable bonds is 8. The van der Waals surface area contributed by atoms with E-state index in [9.17, 15) is 4.79 Å². The van der Waals surface area contributed by atoms with Gasteiger partial charge in [-0.3, -0.25) is 4.79 Å². The zero-order valence-corrected chi connectivity index (χ0v) is 14.6. The molecular formula is C17H28N4O2. The first-order valence-electron chi connectivity index (χ1n) is 7.95. The predicted molar refractivity (Wildman–Crippen MR) is 93.3 cm³/mol. The van der Waals surface area contributed by atoms with E-state index in [1.807, 2.05) is 32.0 Å². The molecule has 23 heavy (non-hydrogen) atoms. The van der Waals surface area contributed by atoms with Crippen LogP contribution in [0.15, 0.2) is 29.3 Å². The predicted octanol–water partition coefficient (Wildman–Crippen LogP) is 1.37. The van der Waals surface area contributed by atoms with E-state index in [4.69, 9.17) is 4.74 Å². The van der Waals surface area contributed by atoms with Crippen molar-refractivity contribution in [1.29, 1.82) is 0 Å². The molecule has 1 amide bonds. The molecule has 0 radical (unpaired) electrons. The fourth-order valence-electron chi connectivity index (χ4n) is 1.89. The lowest BCUT2D eigenvalue weighted by molar-refractivity contribution is -0.127. The zero-order valence-electron chi connectivity index (χ0n) is 14.6. The average molecular weight is 320 g/mol. The number of carbonyl (C=O) groups excluding carboxylic acids is 1. The van der Waals surface area contributed by atoms with Gasteiger partial charge in [-0.15, -0.1) is 0 Å². The molecule has 0 aliphatic carbocycles. The van der Waals surface area contributed by atoms with Crippen LogP contribution in [0.3, 0.4) is 0 Å². The van der Waals surface area contributed by atoms with Crippen molar-refractivity contribution in [3.8, 4) is 0 Å². The third-order valence-electron chi connectivity index (χ3n) is 3.24. The molecule has 2 N–H and O–H groups in total. The normalized spacial score (nSPS) is 11.2. The van der Waals surface area contributed by atoms with Gasteiger partial charge in [0.15, 0.2) is 5.96 Å². The molecule has 0 bridgehead atoms. The summed E-state index contributed by atoms with van der Waals surface area (Å²) in [6.07, 6.45) is 0. The van der Waals surface area contributed by atoms with Crippen LogP contribution >= 0.6 is 0 Å². The molecule has 1 aromatic rings. The van der Waals surface area contributed by atoms with E-state index >= 15 is 0 Å². The van der Waals surface area contributed by atoms with Gasteiger partial charge in [0.1, 0.15) is 0 Å². The number of amides is 1. The lowest BCUT2D eigenvalue weighted by atomic mass is 10.1. The molecule has 0 atom stereocenters. The van der Waals surface area contributed by atoms with Crippen molar-refractivity contribution in [2.24, 2.45) is 4.99 Å². The molecule has 0 aliphatic heterocycles. The first kappa shape index (κ1) is 19.0. The highest BCUT2D eigenvalue weighted by Crippen LogP contribution is 2.11. The molecule has 0 aliphatic rings. The number of likely N-dealkylation sites (N-methyl/N-ethyl adjacent to an activating group) is 1. The van der Waals surface area contributed by atoms with E-state index in [0.29, 0.717) is 25.7 Å². The van der Waals surface area contributed by atoms with Crippen LogP contribution in [-0.4, -0.2) is 50.6 Å². The standard InChI is InChI=1S/C17H28N4O2/c1-5-18-17(20-12-16(22)21(3)4)19-11-14-9-7-8-10-15(14)13-23-6-2/h7-10H,5-6,11-13H2,1-4H3,(H2,18,19,20). The number of ether oxygens (including phenoxy) is 1. The van der Waals surface area contributed by atoms with Gasteiger partial charge in [-0.2, -0.15) is 0 Å². The summed E-state index contributed by atoms with van der Waals surface area (Å²) in [7, 11) is 3.47. The van der Waals surface area contributed by atoms with E-state index in [1.165, 1.54) is 0 Å². The van der Waals surface area contributed by atoms with Gasteiger partial charge in [-0.1, -0.05) is 24.3 Å². The number of carbonyl (C=O) groups is 1. The Morgan fingerprint density at radius 2 is 1.87 bits per heavy atom. The van der Waals surface area contributed by atoms with Gasteiger partial charge in [0, 0.05) is 27.2 Å². The first-order valence-corrected chi connectivity index (χ1v) is 7.95. The number of guanidine groups is 1. The average Bonchev–Trinajstić information content (AvgIpc) is 2.55. The minimum Gasteiger partial charge on any atom is -0.377 e. The van der Waals surface area contributed by atoms with Crippen molar-refractivity contribution in [1.82, 2.24) is 15.5 Å². The highest BCUT2D eigenvalue weighted by molar-refractivity contribution is 5.86. The molecule has 0 spiro atoms. The van der Waals surface area contributed by atoms with Gasteiger partial charge in [-0.25, -0.2) is 4.99 Å². The number of nitrogens with one attached hydrogen (secondary N) is 2. The molecule has 1 aromatic carbocycles. The molecule has 0 saturated heterocycles. The Hall–Kier alpha value is -2.08. The van der Waals surface area contributed by atoms with Crippen molar-refractivity contribution < 1.29 is 9.53 Å². The monoisotopic (exact) mass is 320 g/mol. The van der Waals surface area contributed by atoms with Gasteiger partial charge in [-0.05, 0) is 25.0 Å². The number of hydrogen-bond acceptors (Lipinski definition) is 3. The fourth-order valence-corrected chi connectivity index (χ4v) is 1.89. The Balaban J connectivity index is 2.71. The van der Waals surface area contributed by atoms with Gasteiger partial charge < -0.3 is 20.3 Å². The maximum atomic E-state index is 11.7. The number of nitrogens with zero attached hydrogens (tertiary/aromatic N) is 2. The Morgan fingerprint density at radius 3 is 2.48 bits per heavy atom. The number of aliphatic imine (C=N–C) groups is 1. The molecule has 0 aromatic heterocycles. The SMILES string of the molecule is CCNC(=NCc1ccccc1COCC)NCC(=O)N(C)C. The summed E-state index contributed by atoms with van der Waals surface area (Å²) in [5.74, 6) is 0.640. The Morgan fingerprint density at radius 1 is 1.17 bits per heavy atom. The third kappa shape index (κ3) is 7.15. The van der Waals surface area contributed by atoms with Crippen LogP contribution < -0.4 is 10.6 Å². The van der Waals surface area contributed by atoms with E-state index in [0.717, 1.165) is 17.7 Å². The van der Waals surface area contributed by atoms with Crippen LogP contribution in [-0.2, 0) is 22.7 Å². The van der Waals surface area contributed by atoms with Crippen LogP contribution in [0.2, 0.25) is 0 Å². The van der Waals surface area contributed by atoms with E-state index in [2.05, 4.69) is 21.7 Å². The smallest absolute Gasteiger partial charge is 0.241 e. The molecule has 0 heterocycles. The molecular weight excluding hydrogens is 292 g/mol. The Kier molecular flexibility index (Phi) is 8.75. The summed E-state index contributed by atoms with van der Waals surface area (Å²) in [4.78, 5) is 17.8. The summed E-state index contributed by atoms with van der Waals surface area (Å²) in [5.41, 5.74) is 2.26. The van der Waals surface area contributed by atoms with Crippen LogP contribution in [0.1, 0.15) is 25.0 Å². The summed E-state index contributed by atoms with van der Waals surface area (Å²) >= 11 is 0. The first-order chi connectivity index (χ1) is 11.1. The van der Waals surface area contributed by atoms with Crippen LogP contribution in [0.4, 0.5) is 0 Å². The molecule has 128 valence electrons. The fraction of sp³-hybridized carbons (Fsp3) is 0.529. The maximum Gasteiger partial charge on any atom is 0.241 e. The van der Waals surface area contributed by atoms with Gasteiger partial charge in [0.05, 0.1) is 19.7 Å². The second kappa shape index (κ2) is 10.6. The second-order valence-corrected chi connectivity index (χ2v) is 5.24. The molecule has 6 heteroatoms. The van der Waals surface area contributed by atoms with Crippen molar-refractivity contribution in [3.05, 3.63) is 35.4 Å². The summed E-state index contributed by atoms with van der Waals surface area (Å²) in [6, 6.07) is 8.10. The van der Waals surface area contributed by atoms with Gasteiger partial charge in [0.2, 0.25) is 5.91 Å². The number of benzene rings is 1. The summed E-state index contributed by atoms with van der Waals surface area (Å²) < 4.78 is 5.49. The van der Waals surface area contributed by atoms with Crippen LogP contribution in [0.5, 0.6) is 0 Å². The van der Waals surface area contributed by atoms with E-state index < -0.39 is 0 Å². The highest BCUT2D eigenvalue weighted by Gasteiger charge is 2.06. The van der Waals surface area contributed by atoms with Crippen molar-refractivity contribution in [2.75, 3.05) is 33.8 Å². The largest absolute Gasteiger partial charge is 0.377 e.